The van der Waals surface area contributed by atoms with Crippen molar-refractivity contribution in [2.75, 3.05) is 30.4 Å². The van der Waals surface area contributed by atoms with Crippen LogP contribution in [0.4, 0.5) is 11.4 Å². The van der Waals surface area contributed by atoms with Crippen LogP contribution in [0.2, 0.25) is 0 Å². The Hall–Kier alpha value is -2.96. The first-order chi connectivity index (χ1) is 13.8. The molecule has 0 fully saturated rings. The fraction of sp³-hybridized carbons (Fsp3) is 0.500. The lowest BCUT2D eigenvalue weighted by Gasteiger charge is -2.33. The van der Waals surface area contributed by atoms with Crippen molar-refractivity contribution in [3.8, 4) is 11.8 Å². The van der Waals surface area contributed by atoms with E-state index in [0.717, 1.165) is 11.4 Å². The van der Waals surface area contributed by atoms with Crippen LogP contribution in [0.5, 0.6) is 0 Å². The zero-order valence-electron chi connectivity index (χ0n) is 17.6. The van der Waals surface area contributed by atoms with E-state index in [4.69, 9.17) is 5.73 Å². The standard InChI is InChI=1S/C20H28N8O/c1-6-7-8-27-18-16(25-20(27)26(5)11-13(2)21)10-22-28(19(18)29)12-17-23-14(3)9-15(4)24-17/h9-10,13,20,25H,8,11-12,21H2,1-5H3. The summed E-state index contributed by atoms with van der Waals surface area (Å²) in [5.74, 6) is 6.53. The average Bonchev–Trinajstić information content (AvgIpc) is 3.00. The molecule has 2 aromatic rings. The summed E-state index contributed by atoms with van der Waals surface area (Å²) in [6.07, 6.45) is 1.45. The monoisotopic (exact) mass is 396 g/mol. The second kappa shape index (κ2) is 8.59. The van der Waals surface area contributed by atoms with Gasteiger partial charge in [-0.3, -0.25) is 9.69 Å². The third kappa shape index (κ3) is 4.55. The van der Waals surface area contributed by atoms with Gasteiger partial charge in [0.15, 0.2) is 6.29 Å². The quantitative estimate of drug-likeness (QED) is 0.681. The molecule has 2 atom stereocenters. The van der Waals surface area contributed by atoms with Crippen LogP contribution in [0, 0.1) is 25.7 Å². The minimum Gasteiger partial charge on any atom is -0.350 e. The van der Waals surface area contributed by atoms with E-state index in [2.05, 4.69) is 37.1 Å². The third-order valence-electron chi connectivity index (χ3n) is 4.62. The summed E-state index contributed by atoms with van der Waals surface area (Å²) in [4.78, 5) is 26.1. The molecule has 2 unspecified atom stereocenters. The summed E-state index contributed by atoms with van der Waals surface area (Å²) < 4.78 is 1.40. The number of fused-ring (bicyclic) bond motifs is 1. The van der Waals surface area contributed by atoms with E-state index < -0.39 is 0 Å². The number of nitrogens with zero attached hydrogens (tertiary/aromatic N) is 6. The molecule has 3 rings (SSSR count). The van der Waals surface area contributed by atoms with Gasteiger partial charge >= 0.3 is 0 Å². The van der Waals surface area contributed by atoms with Gasteiger partial charge in [-0.25, -0.2) is 14.6 Å². The number of hydrogen-bond acceptors (Lipinski definition) is 8. The lowest BCUT2D eigenvalue weighted by molar-refractivity contribution is 0.254. The van der Waals surface area contributed by atoms with E-state index >= 15 is 0 Å². The first-order valence-electron chi connectivity index (χ1n) is 9.60. The topological polar surface area (TPSA) is 105 Å². The van der Waals surface area contributed by atoms with Crippen molar-refractivity contribution < 1.29 is 0 Å². The maximum absolute atomic E-state index is 13.3. The van der Waals surface area contributed by atoms with Gasteiger partial charge in [-0.2, -0.15) is 5.10 Å². The Labute approximate surface area is 170 Å². The highest BCUT2D eigenvalue weighted by Crippen LogP contribution is 2.31. The van der Waals surface area contributed by atoms with Crippen molar-refractivity contribution >= 4 is 11.4 Å². The number of nitrogens with one attached hydrogen (secondary N) is 1. The number of aryl methyl sites for hydroxylation is 2. The number of rotatable bonds is 6. The molecule has 9 heteroatoms. The van der Waals surface area contributed by atoms with E-state index in [1.807, 2.05) is 38.8 Å². The third-order valence-corrected chi connectivity index (χ3v) is 4.62. The minimum absolute atomic E-state index is 0.00103. The maximum Gasteiger partial charge on any atom is 0.293 e. The van der Waals surface area contributed by atoms with Crippen LogP contribution in [-0.2, 0) is 6.54 Å². The second-order valence-electron chi connectivity index (χ2n) is 7.43. The number of aromatic nitrogens is 4. The van der Waals surface area contributed by atoms with Crippen molar-refractivity contribution in [1.29, 1.82) is 0 Å². The van der Waals surface area contributed by atoms with Gasteiger partial charge in [0.1, 0.15) is 18.1 Å². The zero-order valence-corrected chi connectivity index (χ0v) is 17.6. The Morgan fingerprint density at radius 1 is 1.34 bits per heavy atom. The van der Waals surface area contributed by atoms with Gasteiger partial charge in [0.25, 0.3) is 5.56 Å². The van der Waals surface area contributed by atoms with E-state index in [1.54, 1.807) is 13.1 Å². The first-order valence-corrected chi connectivity index (χ1v) is 9.60. The van der Waals surface area contributed by atoms with Crippen LogP contribution in [0.1, 0.15) is 31.1 Å². The lowest BCUT2D eigenvalue weighted by Crippen LogP contribution is -2.52. The number of hydrogen-bond donors (Lipinski definition) is 2. The summed E-state index contributed by atoms with van der Waals surface area (Å²) >= 11 is 0. The SMILES string of the molecule is CC#CCN1c2c(cnn(Cc3nc(C)cc(C)n3)c2=O)NC1N(C)CC(C)N. The summed E-state index contributed by atoms with van der Waals surface area (Å²) in [5.41, 5.74) is 8.73. The van der Waals surface area contributed by atoms with Crippen LogP contribution in [0.15, 0.2) is 17.1 Å². The molecule has 0 bridgehead atoms. The summed E-state index contributed by atoms with van der Waals surface area (Å²) in [5, 5.41) is 7.70. The van der Waals surface area contributed by atoms with Gasteiger partial charge in [0.2, 0.25) is 0 Å². The molecule has 0 aromatic carbocycles. The molecule has 0 aliphatic carbocycles. The molecule has 0 amide bonds. The van der Waals surface area contributed by atoms with Crippen molar-refractivity contribution in [1.82, 2.24) is 24.6 Å². The predicted octanol–water partition coefficient (Wildman–Crippen LogP) is 0.516. The van der Waals surface area contributed by atoms with Crippen LogP contribution in [0.25, 0.3) is 0 Å². The Kier molecular flexibility index (Phi) is 6.15. The highest BCUT2D eigenvalue weighted by atomic mass is 16.1. The van der Waals surface area contributed by atoms with Gasteiger partial charge < -0.3 is 16.0 Å². The molecule has 0 spiro atoms. The van der Waals surface area contributed by atoms with E-state index in [0.29, 0.717) is 30.3 Å². The van der Waals surface area contributed by atoms with Crippen molar-refractivity contribution in [2.24, 2.45) is 5.73 Å². The largest absolute Gasteiger partial charge is 0.350 e. The number of likely N-dealkylation sites (N-methyl/N-ethyl adjacent to an activating group) is 1. The second-order valence-corrected chi connectivity index (χ2v) is 7.43. The predicted molar refractivity (Wildman–Crippen MR) is 114 cm³/mol. The average molecular weight is 396 g/mol. The number of nitrogens with two attached hydrogens (primary N) is 1. The molecule has 3 N–H and O–H groups in total. The smallest absolute Gasteiger partial charge is 0.293 e. The molecule has 0 saturated heterocycles. The fourth-order valence-electron chi connectivity index (χ4n) is 3.55. The maximum atomic E-state index is 13.3. The molecule has 9 nitrogen and oxygen atoms in total. The van der Waals surface area contributed by atoms with Gasteiger partial charge in [-0.15, -0.1) is 5.92 Å². The molecule has 1 aliphatic rings. The molecule has 3 heterocycles. The Morgan fingerprint density at radius 3 is 2.66 bits per heavy atom. The lowest BCUT2D eigenvalue weighted by atomic mass is 10.3. The van der Waals surface area contributed by atoms with Crippen molar-refractivity contribution in [2.45, 2.75) is 46.6 Å². The van der Waals surface area contributed by atoms with Crippen molar-refractivity contribution in [3.63, 3.8) is 0 Å². The zero-order chi connectivity index (χ0) is 21.1. The molecule has 154 valence electrons. The molecular formula is C20H28N8O. The summed E-state index contributed by atoms with van der Waals surface area (Å²) in [6.45, 7) is 8.85. The minimum atomic E-state index is -0.223. The molecule has 0 saturated carbocycles. The molecule has 1 aliphatic heterocycles. The van der Waals surface area contributed by atoms with Crippen LogP contribution < -0.4 is 21.5 Å². The van der Waals surface area contributed by atoms with E-state index in [-0.39, 0.29) is 24.4 Å². The summed E-state index contributed by atoms with van der Waals surface area (Å²) in [7, 11) is 1.97. The highest BCUT2D eigenvalue weighted by Gasteiger charge is 2.34. The van der Waals surface area contributed by atoms with Crippen LogP contribution in [-0.4, -0.2) is 57.1 Å². The van der Waals surface area contributed by atoms with E-state index in [9.17, 15) is 4.79 Å². The van der Waals surface area contributed by atoms with Crippen LogP contribution >= 0.6 is 0 Å². The van der Waals surface area contributed by atoms with Gasteiger partial charge in [-0.05, 0) is 40.8 Å². The van der Waals surface area contributed by atoms with E-state index in [1.165, 1.54) is 4.68 Å². The molecular weight excluding hydrogens is 368 g/mol. The number of anilines is 2. The van der Waals surface area contributed by atoms with Crippen LogP contribution in [0.3, 0.4) is 0 Å². The molecule has 29 heavy (non-hydrogen) atoms. The Balaban J connectivity index is 1.97. The van der Waals surface area contributed by atoms with Gasteiger partial charge in [0, 0.05) is 24.0 Å². The van der Waals surface area contributed by atoms with Gasteiger partial charge in [-0.1, -0.05) is 5.92 Å². The summed E-state index contributed by atoms with van der Waals surface area (Å²) in [6, 6.07) is 1.90. The van der Waals surface area contributed by atoms with Gasteiger partial charge in [0.05, 0.1) is 18.4 Å². The van der Waals surface area contributed by atoms with Crippen molar-refractivity contribution in [3.05, 3.63) is 39.8 Å². The molecule has 2 aromatic heterocycles. The normalized spacial score (nSPS) is 16.2. The molecule has 0 radical (unpaired) electrons. The Morgan fingerprint density at radius 2 is 2.03 bits per heavy atom. The fourth-order valence-corrected chi connectivity index (χ4v) is 3.55. The Bertz CT molecular complexity index is 984. The highest BCUT2D eigenvalue weighted by molar-refractivity contribution is 5.74. The first kappa shape index (κ1) is 20.8.